The molecule has 1 aromatic carbocycles. The molecule has 3 heteroatoms. The maximum Gasteiger partial charge on any atom is 0.0648 e. The monoisotopic (exact) mass is 236 g/mol. The van der Waals surface area contributed by atoms with Crippen LogP contribution in [0.3, 0.4) is 0 Å². The lowest BCUT2D eigenvalue weighted by molar-refractivity contribution is 0.716. The predicted octanol–water partition coefficient (Wildman–Crippen LogP) is 3.28. The van der Waals surface area contributed by atoms with Crippen LogP contribution < -0.4 is 5.32 Å². The summed E-state index contributed by atoms with van der Waals surface area (Å²) in [5, 5.41) is 5.21. The van der Waals surface area contributed by atoms with E-state index in [4.69, 9.17) is 11.6 Å². The van der Waals surface area contributed by atoms with Crippen molar-refractivity contribution in [1.82, 2.24) is 10.3 Å². The summed E-state index contributed by atoms with van der Waals surface area (Å²) in [6.45, 7) is 3.20. The van der Waals surface area contributed by atoms with E-state index in [1.807, 2.05) is 19.2 Å². The number of halogens is 1. The SMILES string of the molecule is CNCCCc1[nH]c2c(Cl)cccc2c1C. The van der Waals surface area contributed by atoms with Crippen LogP contribution in [0.1, 0.15) is 17.7 Å². The molecule has 0 aliphatic rings. The van der Waals surface area contributed by atoms with Crippen molar-refractivity contribution in [2.75, 3.05) is 13.6 Å². The van der Waals surface area contributed by atoms with Crippen LogP contribution in [0, 0.1) is 6.92 Å². The molecule has 0 amide bonds. The molecule has 2 rings (SSSR count). The Balaban J connectivity index is 2.33. The first-order chi connectivity index (χ1) is 7.74. The minimum absolute atomic E-state index is 0.806. The Morgan fingerprint density at radius 3 is 2.88 bits per heavy atom. The van der Waals surface area contributed by atoms with Crippen LogP contribution in [0.15, 0.2) is 18.2 Å². The molecule has 16 heavy (non-hydrogen) atoms. The molecule has 0 saturated heterocycles. The Labute approximate surface area is 101 Å². The zero-order valence-electron chi connectivity index (χ0n) is 9.73. The topological polar surface area (TPSA) is 27.8 Å². The minimum atomic E-state index is 0.806. The lowest BCUT2D eigenvalue weighted by atomic mass is 10.1. The van der Waals surface area contributed by atoms with Gasteiger partial charge in [0.2, 0.25) is 0 Å². The number of fused-ring (bicyclic) bond motifs is 1. The first kappa shape index (κ1) is 11.5. The second-order valence-electron chi connectivity index (χ2n) is 4.10. The largest absolute Gasteiger partial charge is 0.357 e. The predicted molar refractivity (Wildman–Crippen MR) is 70.3 cm³/mol. The third kappa shape index (κ3) is 2.08. The molecule has 2 nitrogen and oxygen atoms in total. The fourth-order valence-corrected chi connectivity index (χ4v) is 2.28. The number of aromatic amines is 1. The van der Waals surface area contributed by atoms with Gasteiger partial charge in [0.25, 0.3) is 0 Å². The molecule has 0 unspecified atom stereocenters. The van der Waals surface area contributed by atoms with Gasteiger partial charge in [-0.25, -0.2) is 0 Å². The van der Waals surface area contributed by atoms with Gasteiger partial charge in [0.15, 0.2) is 0 Å². The maximum atomic E-state index is 6.16. The summed E-state index contributed by atoms with van der Waals surface area (Å²) in [6, 6.07) is 6.05. The number of hydrogen-bond donors (Lipinski definition) is 2. The van der Waals surface area contributed by atoms with Gasteiger partial charge in [-0.05, 0) is 45.0 Å². The van der Waals surface area contributed by atoms with Crippen molar-refractivity contribution in [3.8, 4) is 0 Å². The highest BCUT2D eigenvalue weighted by Gasteiger charge is 2.08. The molecular weight excluding hydrogens is 220 g/mol. The summed E-state index contributed by atoms with van der Waals surface area (Å²) < 4.78 is 0. The average Bonchev–Trinajstić information content (AvgIpc) is 2.59. The van der Waals surface area contributed by atoms with Gasteiger partial charge in [0.1, 0.15) is 0 Å². The molecule has 86 valence electrons. The highest BCUT2D eigenvalue weighted by atomic mass is 35.5. The Hall–Kier alpha value is -0.990. The number of nitrogens with one attached hydrogen (secondary N) is 2. The van der Waals surface area contributed by atoms with Crippen molar-refractivity contribution in [3.05, 3.63) is 34.5 Å². The Morgan fingerprint density at radius 1 is 1.38 bits per heavy atom. The summed E-state index contributed by atoms with van der Waals surface area (Å²) >= 11 is 6.16. The summed E-state index contributed by atoms with van der Waals surface area (Å²) in [5.74, 6) is 0. The molecular formula is C13H17ClN2. The smallest absolute Gasteiger partial charge is 0.0648 e. The van der Waals surface area contributed by atoms with Crippen LogP contribution in [0.4, 0.5) is 0 Å². The second-order valence-corrected chi connectivity index (χ2v) is 4.51. The van der Waals surface area contributed by atoms with Gasteiger partial charge >= 0.3 is 0 Å². The summed E-state index contributed by atoms with van der Waals surface area (Å²) in [6.07, 6.45) is 2.21. The van der Waals surface area contributed by atoms with E-state index < -0.39 is 0 Å². The van der Waals surface area contributed by atoms with Gasteiger partial charge < -0.3 is 10.3 Å². The number of hydrogen-bond acceptors (Lipinski definition) is 1. The number of aryl methyl sites for hydroxylation is 2. The first-order valence-corrected chi connectivity index (χ1v) is 6.02. The third-order valence-corrected chi connectivity index (χ3v) is 3.31. The fourth-order valence-electron chi connectivity index (χ4n) is 2.06. The Morgan fingerprint density at radius 2 is 2.19 bits per heavy atom. The van der Waals surface area contributed by atoms with Crippen LogP contribution in [0.2, 0.25) is 5.02 Å². The van der Waals surface area contributed by atoms with Crippen LogP contribution in [0.25, 0.3) is 10.9 Å². The molecule has 0 bridgehead atoms. The van der Waals surface area contributed by atoms with Crippen molar-refractivity contribution in [2.45, 2.75) is 19.8 Å². The molecule has 2 N–H and O–H groups in total. The van der Waals surface area contributed by atoms with Gasteiger partial charge in [-0.3, -0.25) is 0 Å². The first-order valence-electron chi connectivity index (χ1n) is 5.64. The number of para-hydroxylation sites is 1. The highest BCUT2D eigenvalue weighted by molar-refractivity contribution is 6.35. The molecule has 1 heterocycles. The van der Waals surface area contributed by atoms with Gasteiger partial charge in [-0.2, -0.15) is 0 Å². The summed E-state index contributed by atoms with van der Waals surface area (Å²) in [4.78, 5) is 3.43. The Kier molecular flexibility index (Phi) is 3.52. The standard InChI is InChI=1S/C13H17ClN2/c1-9-10-5-3-6-11(14)13(10)16-12(9)7-4-8-15-2/h3,5-6,15-16H,4,7-8H2,1-2H3. The molecule has 2 aromatic rings. The Bertz CT molecular complexity index is 488. The van der Waals surface area contributed by atoms with Crippen molar-refractivity contribution < 1.29 is 0 Å². The van der Waals surface area contributed by atoms with Crippen LogP contribution in [-0.4, -0.2) is 18.6 Å². The molecule has 0 saturated carbocycles. The number of rotatable bonds is 4. The van der Waals surface area contributed by atoms with E-state index in [1.54, 1.807) is 0 Å². The summed E-state index contributed by atoms with van der Waals surface area (Å²) in [7, 11) is 1.98. The number of aromatic nitrogens is 1. The van der Waals surface area contributed by atoms with E-state index in [2.05, 4.69) is 23.3 Å². The van der Waals surface area contributed by atoms with Crippen molar-refractivity contribution in [3.63, 3.8) is 0 Å². The normalized spacial score (nSPS) is 11.2. The van der Waals surface area contributed by atoms with Gasteiger partial charge in [0.05, 0.1) is 10.5 Å². The van der Waals surface area contributed by atoms with Crippen molar-refractivity contribution in [1.29, 1.82) is 0 Å². The molecule has 0 fully saturated rings. The minimum Gasteiger partial charge on any atom is -0.357 e. The molecule has 0 aliphatic heterocycles. The van der Waals surface area contributed by atoms with Gasteiger partial charge in [0, 0.05) is 11.1 Å². The van der Waals surface area contributed by atoms with E-state index in [0.717, 1.165) is 29.9 Å². The van der Waals surface area contributed by atoms with Crippen LogP contribution in [0.5, 0.6) is 0 Å². The van der Waals surface area contributed by atoms with Crippen molar-refractivity contribution in [2.24, 2.45) is 0 Å². The van der Waals surface area contributed by atoms with E-state index in [1.165, 1.54) is 16.6 Å². The molecule has 0 aliphatic carbocycles. The third-order valence-electron chi connectivity index (χ3n) is 3.00. The number of benzene rings is 1. The molecule has 0 spiro atoms. The highest BCUT2D eigenvalue weighted by Crippen LogP contribution is 2.27. The number of H-pyrrole nitrogens is 1. The maximum absolute atomic E-state index is 6.16. The van der Waals surface area contributed by atoms with Crippen LogP contribution in [-0.2, 0) is 6.42 Å². The summed E-state index contributed by atoms with van der Waals surface area (Å²) in [5.41, 5.74) is 3.70. The van der Waals surface area contributed by atoms with E-state index in [-0.39, 0.29) is 0 Å². The van der Waals surface area contributed by atoms with Crippen LogP contribution >= 0.6 is 11.6 Å². The average molecular weight is 237 g/mol. The quantitative estimate of drug-likeness (QED) is 0.784. The molecule has 0 atom stereocenters. The van der Waals surface area contributed by atoms with E-state index in [9.17, 15) is 0 Å². The van der Waals surface area contributed by atoms with Gasteiger partial charge in [-0.15, -0.1) is 0 Å². The van der Waals surface area contributed by atoms with E-state index in [0.29, 0.717) is 0 Å². The van der Waals surface area contributed by atoms with E-state index >= 15 is 0 Å². The second kappa shape index (κ2) is 4.89. The van der Waals surface area contributed by atoms with Crippen molar-refractivity contribution >= 4 is 22.5 Å². The van der Waals surface area contributed by atoms with Gasteiger partial charge in [-0.1, -0.05) is 23.7 Å². The fraction of sp³-hybridized carbons (Fsp3) is 0.385. The zero-order chi connectivity index (χ0) is 11.5. The molecule has 1 aromatic heterocycles. The lowest BCUT2D eigenvalue weighted by Gasteiger charge is -1.99. The molecule has 0 radical (unpaired) electrons. The lowest BCUT2D eigenvalue weighted by Crippen LogP contribution is -2.08. The zero-order valence-corrected chi connectivity index (χ0v) is 10.5.